The molecule has 0 fully saturated rings. The SMILES string of the molecule is C=NCC(C)c1ccc(-c2c(O)cc(Cl)c3[nH]c(=O)c4sccc4c23)cc1. The summed E-state index contributed by atoms with van der Waals surface area (Å²) in [7, 11) is 0. The van der Waals surface area contributed by atoms with E-state index in [-0.39, 0.29) is 17.2 Å². The third kappa shape index (κ3) is 2.93. The fourth-order valence-corrected chi connectivity index (χ4v) is 4.49. The predicted molar refractivity (Wildman–Crippen MR) is 115 cm³/mol. The third-order valence-electron chi connectivity index (χ3n) is 4.81. The van der Waals surface area contributed by atoms with Crippen molar-refractivity contribution in [2.75, 3.05) is 6.54 Å². The summed E-state index contributed by atoms with van der Waals surface area (Å²) in [5.74, 6) is 0.354. The van der Waals surface area contributed by atoms with Crippen LogP contribution in [0.25, 0.3) is 32.1 Å². The number of fused-ring (bicyclic) bond motifs is 3. The number of aromatic hydroxyl groups is 1. The Hall–Kier alpha value is -2.63. The van der Waals surface area contributed by atoms with Crippen molar-refractivity contribution in [3.05, 3.63) is 62.7 Å². The lowest BCUT2D eigenvalue weighted by Gasteiger charge is -2.14. The summed E-state index contributed by atoms with van der Waals surface area (Å²) in [6.07, 6.45) is 0. The highest BCUT2D eigenvalue weighted by molar-refractivity contribution is 7.17. The molecule has 4 nitrogen and oxygen atoms in total. The van der Waals surface area contributed by atoms with E-state index in [1.54, 1.807) is 0 Å². The second kappa shape index (κ2) is 6.83. The topological polar surface area (TPSA) is 65.5 Å². The van der Waals surface area contributed by atoms with Crippen LogP contribution in [0.4, 0.5) is 0 Å². The van der Waals surface area contributed by atoms with Gasteiger partial charge in [-0.25, -0.2) is 0 Å². The minimum Gasteiger partial charge on any atom is -0.507 e. The van der Waals surface area contributed by atoms with Crippen molar-refractivity contribution in [2.45, 2.75) is 12.8 Å². The summed E-state index contributed by atoms with van der Waals surface area (Å²) in [6.45, 7) is 6.31. The number of hydrogen-bond donors (Lipinski definition) is 2. The molecule has 1 unspecified atom stereocenters. The fourth-order valence-electron chi connectivity index (χ4n) is 3.45. The number of phenolic OH excluding ortho intramolecular Hbond substituents is 1. The molecule has 4 rings (SSSR count). The normalized spacial score (nSPS) is 12.5. The van der Waals surface area contributed by atoms with Gasteiger partial charge in [0, 0.05) is 34.9 Å². The van der Waals surface area contributed by atoms with E-state index in [9.17, 15) is 9.90 Å². The van der Waals surface area contributed by atoms with Gasteiger partial charge in [-0.1, -0.05) is 42.8 Å². The Kier molecular flexibility index (Phi) is 4.50. The number of rotatable bonds is 4. The van der Waals surface area contributed by atoms with Crippen LogP contribution >= 0.6 is 22.9 Å². The van der Waals surface area contributed by atoms with Crippen molar-refractivity contribution in [1.82, 2.24) is 4.98 Å². The number of halogens is 1. The van der Waals surface area contributed by atoms with Gasteiger partial charge in [-0.15, -0.1) is 11.3 Å². The van der Waals surface area contributed by atoms with Crippen molar-refractivity contribution in [1.29, 1.82) is 0 Å². The van der Waals surface area contributed by atoms with Crippen LogP contribution in [0.5, 0.6) is 5.75 Å². The van der Waals surface area contributed by atoms with E-state index in [4.69, 9.17) is 11.6 Å². The molecule has 2 heterocycles. The number of hydrogen-bond acceptors (Lipinski definition) is 4. The van der Waals surface area contributed by atoms with E-state index in [0.717, 1.165) is 21.9 Å². The molecule has 0 bridgehead atoms. The largest absolute Gasteiger partial charge is 0.507 e. The molecular weight excluding hydrogens is 380 g/mol. The molecule has 0 aliphatic rings. The Morgan fingerprint density at radius 1 is 1.30 bits per heavy atom. The van der Waals surface area contributed by atoms with E-state index in [2.05, 4.69) is 23.6 Å². The van der Waals surface area contributed by atoms with Crippen molar-refractivity contribution >= 4 is 50.6 Å². The number of aromatic amines is 1. The molecule has 6 heteroatoms. The van der Waals surface area contributed by atoms with Crippen LogP contribution in [0.15, 0.2) is 51.6 Å². The molecule has 0 aliphatic heterocycles. The molecule has 2 N–H and O–H groups in total. The Labute approximate surface area is 164 Å². The molecule has 136 valence electrons. The van der Waals surface area contributed by atoms with E-state index >= 15 is 0 Å². The van der Waals surface area contributed by atoms with Crippen molar-refractivity contribution in [2.24, 2.45) is 4.99 Å². The van der Waals surface area contributed by atoms with Crippen LogP contribution in [0.2, 0.25) is 5.02 Å². The number of nitrogens with zero attached hydrogens (tertiary/aromatic N) is 1. The first kappa shape index (κ1) is 17.8. The first-order chi connectivity index (χ1) is 13.0. The molecule has 4 aromatic rings. The number of aliphatic imine (C=N–C) groups is 1. The van der Waals surface area contributed by atoms with Gasteiger partial charge in [0.05, 0.1) is 10.5 Å². The standard InChI is InChI=1S/C21H17ClN2O2S/c1-11(10-23-2)12-3-5-13(6-4-12)17-16(25)9-15(22)19-18(17)14-7-8-27-20(14)21(26)24-19/h3-9,11,25H,2,10H2,1H3,(H,24,26). The summed E-state index contributed by atoms with van der Waals surface area (Å²) in [4.78, 5) is 19.2. The predicted octanol–water partition coefficient (Wildman–Crippen LogP) is 5.57. The number of H-pyrrole nitrogens is 1. The molecule has 0 aliphatic carbocycles. The second-order valence-corrected chi connectivity index (χ2v) is 7.87. The van der Waals surface area contributed by atoms with Crippen molar-refractivity contribution in [3.63, 3.8) is 0 Å². The maximum absolute atomic E-state index is 12.3. The van der Waals surface area contributed by atoms with E-state index in [1.807, 2.05) is 35.7 Å². The minimum atomic E-state index is -0.174. The van der Waals surface area contributed by atoms with Crippen LogP contribution < -0.4 is 5.56 Å². The Bertz CT molecular complexity index is 1230. The average Bonchev–Trinajstić information content (AvgIpc) is 3.14. The van der Waals surface area contributed by atoms with Crippen LogP contribution in [0, 0.1) is 0 Å². The second-order valence-electron chi connectivity index (χ2n) is 6.55. The van der Waals surface area contributed by atoms with Gasteiger partial charge in [-0.2, -0.15) is 0 Å². The van der Waals surface area contributed by atoms with Gasteiger partial charge in [0.2, 0.25) is 0 Å². The molecule has 0 saturated heterocycles. The number of thiophene rings is 1. The summed E-state index contributed by atoms with van der Waals surface area (Å²) < 4.78 is 0.618. The van der Waals surface area contributed by atoms with Crippen molar-refractivity contribution < 1.29 is 5.11 Å². The van der Waals surface area contributed by atoms with Gasteiger partial charge in [-0.05, 0) is 29.3 Å². The Balaban J connectivity index is 2.00. The summed E-state index contributed by atoms with van der Waals surface area (Å²) in [5, 5.41) is 14.4. The van der Waals surface area contributed by atoms with Gasteiger partial charge < -0.3 is 15.1 Å². The van der Waals surface area contributed by atoms with Crippen LogP contribution in [-0.4, -0.2) is 23.4 Å². The number of phenols is 1. The quantitative estimate of drug-likeness (QED) is 0.442. The van der Waals surface area contributed by atoms with Gasteiger partial charge in [0.1, 0.15) is 10.4 Å². The lowest BCUT2D eigenvalue weighted by atomic mass is 9.94. The summed E-state index contributed by atoms with van der Waals surface area (Å²) in [5.41, 5.74) is 3.03. The maximum atomic E-state index is 12.3. The molecule has 1 atom stereocenters. The summed E-state index contributed by atoms with van der Waals surface area (Å²) in [6, 6.07) is 11.4. The van der Waals surface area contributed by atoms with Gasteiger partial charge >= 0.3 is 0 Å². The number of aromatic nitrogens is 1. The van der Waals surface area contributed by atoms with Crippen LogP contribution in [0.1, 0.15) is 18.4 Å². The van der Waals surface area contributed by atoms with E-state index in [1.165, 1.54) is 17.4 Å². The zero-order valence-corrected chi connectivity index (χ0v) is 16.2. The Morgan fingerprint density at radius 2 is 2.04 bits per heavy atom. The summed E-state index contributed by atoms with van der Waals surface area (Å²) >= 11 is 7.69. The molecule has 2 aromatic carbocycles. The molecule has 27 heavy (non-hydrogen) atoms. The monoisotopic (exact) mass is 396 g/mol. The fraction of sp³-hybridized carbons (Fsp3) is 0.143. The van der Waals surface area contributed by atoms with E-state index < -0.39 is 0 Å². The average molecular weight is 397 g/mol. The van der Waals surface area contributed by atoms with Crippen molar-refractivity contribution in [3.8, 4) is 16.9 Å². The molecule has 2 aromatic heterocycles. The molecule has 0 spiro atoms. The molecule has 0 amide bonds. The maximum Gasteiger partial charge on any atom is 0.266 e. The number of nitrogens with one attached hydrogen (secondary N) is 1. The number of benzene rings is 2. The first-order valence-corrected chi connectivity index (χ1v) is 9.74. The third-order valence-corrected chi connectivity index (χ3v) is 6.02. The zero-order chi connectivity index (χ0) is 19.1. The molecule has 0 radical (unpaired) electrons. The smallest absolute Gasteiger partial charge is 0.266 e. The lowest BCUT2D eigenvalue weighted by molar-refractivity contribution is 0.478. The lowest BCUT2D eigenvalue weighted by Crippen LogP contribution is -2.05. The van der Waals surface area contributed by atoms with Gasteiger partial charge in [-0.3, -0.25) is 4.79 Å². The van der Waals surface area contributed by atoms with Gasteiger partial charge in [0.15, 0.2) is 0 Å². The highest BCUT2D eigenvalue weighted by atomic mass is 35.5. The zero-order valence-electron chi connectivity index (χ0n) is 14.6. The highest BCUT2D eigenvalue weighted by Gasteiger charge is 2.18. The van der Waals surface area contributed by atoms with Crippen LogP contribution in [-0.2, 0) is 0 Å². The molecular formula is C21H17ClN2O2S. The van der Waals surface area contributed by atoms with Crippen LogP contribution in [0.3, 0.4) is 0 Å². The first-order valence-electron chi connectivity index (χ1n) is 8.48. The molecule has 0 saturated carbocycles. The van der Waals surface area contributed by atoms with E-state index in [0.29, 0.717) is 27.3 Å². The van der Waals surface area contributed by atoms with Gasteiger partial charge in [0.25, 0.3) is 5.56 Å². The highest BCUT2D eigenvalue weighted by Crippen LogP contribution is 2.42. The minimum absolute atomic E-state index is 0.0839. The Morgan fingerprint density at radius 3 is 2.74 bits per heavy atom. The number of pyridine rings is 1.